The number of rotatable bonds is 8. The average molecular weight is 511 g/mol. The van der Waals surface area contributed by atoms with Crippen LogP contribution < -0.4 is 15.0 Å². The van der Waals surface area contributed by atoms with E-state index in [0.29, 0.717) is 28.2 Å². The molecule has 36 heavy (non-hydrogen) atoms. The summed E-state index contributed by atoms with van der Waals surface area (Å²) < 4.78 is 44.8. The van der Waals surface area contributed by atoms with Gasteiger partial charge >= 0.3 is 0 Å². The minimum absolute atomic E-state index is 0.0280. The number of methoxy groups -OCH3 is 2. The molecule has 0 saturated carbocycles. The molecule has 8 nitrogen and oxygen atoms in total. The molecule has 0 atom stereocenters. The molecule has 0 aliphatic rings. The summed E-state index contributed by atoms with van der Waals surface area (Å²) in [5, 5.41) is 0.687. The molecule has 4 rings (SSSR count). The summed E-state index contributed by atoms with van der Waals surface area (Å²) >= 11 is 0. The van der Waals surface area contributed by atoms with E-state index in [1.165, 1.54) is 24.8 Å². The number of nitrogens with zero attached hydrogens (tertiary/aromatic N) is 1. The highest BCUT2D eigenvalue weighted by molar-refractivity contribution is 7.89. The van der Waals surface area contributed by atoms with Crippen LogP contribution in [-0.2, 0) is 28.5 Å². The fourth-order valence-electron chi connectivity index (χ4n) is 3.96. The molecule has 2 aromatic heterocycles. The first-order valence-corrected chi connectivity index (χ1v) is 12.9. The maximum absolute atomic E-state index is 13.7. The second-order valence-corrected chi connectivity index (χ2v) is 11.5. The van der Waals surface area contributed by atoms with E-state index >= 15 is 0 Å². The molecule has 0 spiro atoms. The Balaban J connectivity index is 1.76. The monoisotopic (exact) mass is 510 g/mol. The number of nitrogens with one attached hydrogen (secondary N) is 1. The molecule has 0 amide bonds. The largest absolute Gasteiger partial charge is 0.493 e. The van der Waals surface area contributed by atoms with Crippen molar-refractivity contribution < 1.29 is 22.3 Å². The van der Waals surface area contributed by atoms with Gasteiger partial charge in [-0.15, -0.1) is 0 Å². The normalized spacial score (nSPS) is 12.3. The van der Waals surface area contributed by atoms with Crippen LogP contribution in [-0.4, -0.2) is 31.9 Å². The molecule has 2 heterocycles. The Bertz CT molecular complexity index is 1520. The number of aromatic amines is 1. The van der Waals surface area contributed by atoms with E-state index in [1.54, 1.807) is 42.5 Å². The number of aromatic nitrogens is 1. The second kappa shape index (κ2) is 9.83. The second-order valence-electron chi connectivity index (χ2n) is 9.54. The van der Waals surface area contributed by atoms with E-state index in [-0.39, 0.29) is 29.0 Å². The third kappa shape index (κ3) is 5.17. The van der Waals surface area contributed by atoms with Crippen molar-refractivity contribution in [3.05, 3.63) is 88.1 Å². The molecule has 0 saturated heterocycles. The van der Waals surface area contributed by atoms with Crippen LogP contribution in [0.2, 0.25) is 0 Å². The number of hydrogen-bond donors (Lipinski definition) is 1. The Morgan fingerprint density at radius 3 is 2.19 bits per heavy atom. The number of furan rings is 1. The molecular formula is C27H30N2O6S. The summed E-state index contributed by atoms with van der Waals surface area (Å²) in [5.74, 6) is 1.45. The van der Waals surface area contributed by atoms with Crippen molar-refractivity contribution in [2.45, 2.75) is 44.2 Å². The van der Waals surface area contributed by atoms with Crippen LogP contribution in [0.5, 0.6) is 11.5 Å². The summed E-state index contributed by atoms with van der Waals surface area (Å²) in [6.07, 6.45) is 1.49. The molecule has 0 unspecified atom stereocenters. The van der Waals surface area contributed by atoms with Crippen LogP contribution in [0.3, 0.4) is 0 Å². The lowest BCUT2D eigenvalue weighted by Crippen LogP contribution is -2.32. The van der Waals surface area contributed by atoms with Gasteiger partial charge in [0.05, 0.1) is 37.4 Å². The van der Waals surface area contributed by atoms with Crippen LogP contribution in [0.1, 0.15) is 37.7 Å². The third-order valence-electron chi connectivity index (χ3n) is 6.04. The highest BCUT2D eigenvalue weighted by atomic mass is 32.2. The first-order chi connectivity index (χ1) is 17.0. The van der Waals surface area contributed by atoms with Gasteiger partial charge in [0.2, 0.25) is 10.0 Å². The predicted molar refractivity (Wildman–Crippen MR) is 138 cm³/mol. The van der Waals surface area contributed by atoms with Crippen molar-refractivity contribution in [3.8, 4) is 11.5 Å². The van der Waals surface area contributed by atoms with E-state index in [9.17, 15) is 13.2 Å². The Kier molecular flexibility index (Phi) is 6.97. The summed E-state index contributed by atoms with van der Waals surface area (Å²) in [6, 6.07) is 15.3. The highest BCUT2D eigenvalue weighted by Gasteiger charge is 2.27. The summed E-state index contributed by atoms with van der Waals surface area (Å²) in [4.78, 5) is 15.9. The van der Waals surface area contributed by atoms with Crippen molar-refractivity contribution in [1.29, 1.82) is 0 Å². The molecule has 0 bridgehead atoms. The van der Waals surface area contributed by atoms with E-state index < -0.39 is 15.6 Å². The lowest BCUT2D eigenvalue weighted by Gasteiger charge is -2.23. The molecule has 0 aliphatic heterocycles. The number of ether oxygens (including phenoxy) is 2. The fraction of sp³-hybridized carbons (Fsp3) is 0.296. The quantitative estimate of drug-likeness (QED) is 0.364. The molecule has 0 aliphatic carbocycles. The van der Waals surface area contributed by atoms with Gasteiger partial charge in [0.15, 0.2) is 11.5 Å². The van der Waals surface area contributed by atoms with Gasteiger partial charge in [0.25, 0.3) is 5.56 Å². The van der Waals surface area contributed by atoms with Crippen LogP contribution in [0, 0.1) is 0 Å². The lowest BCUT2D eigenvalue weighted by atomic mass is 9.87. The van der Waals surface area contributed by atoms with Crippen LogP contribution in [0.15, 0.2) is 75.0 Å². The van der Waals surface area contributed by atoms with E-state index in [4.69, 9.17) is 13.9 Å². The SMILES string of the molecule is COc1cc2cc(CN(Cc3ccco3)S(=O)(=O)c3ccc(C(C)(C)C)cc3)c(=O)[nH]c2cc1OC. The third-order valence-corrected chi connectivity index (χ3v) is 7.85. The smallest absolute Gasteiger partial charge is 0.252 e. The van der Waals surface area contributed by atoms with Gasteiger partial charge in [-0.2, -0.15) is 4.31 Å². The van der Waals surface area contributed by atoms with E-state index in [2.05, 4.69) is 25.8 Å². The molecule has 4 aromatic rings. The molecule has 1 N–H and O–H groups in total. The standard InChI is InChI=1S/C27H30N2O6S/c1-27(2,3)20-8-10-22(11-9-20)36(31,32)29(17-21-7-6-12-35-21)16-19-13-18-14-24(33-4)25(34-5)15-23(18)28-26(19)30/h6-15H,16-17H2,1-5H3,(H,28,30). The average Bonchev–Trinajstić information content (AvgIpc) is 3.36. The lowest BCUT2D eigenvalue weighted by molar-refractivity contribution is 0.355. The van der Waals surface area contributed by atoms with Crippen molar-refractivity contribution in [3.63, 3.8) is 0 Å². The van der Waals surface area contributed by atoms with Gasteiger partial charge < -0.3 is 18.9 Å². The van der Waals surface area contributed by atoms with Gasteiger partial charge in [0, 0.05) is 23.6 Å². The van der Waals surface area contributed by atoms with Crippen LogP contribution in [0.4, 0.5) is 0 Å². The van der Waals surface area contributed by atoms with Crippen molar-refractivity contribution in [2.75, 3.05) is 14.2 Å². The minimum atomic E-state index is -3.96. The van der Waals surface area contributed by atoms with Gasteiger partial charge in [-0.05, 0) is 47.4 Å². The maximum Gasteiger partial charge on any atom is 0.252 e. The first-order valence-electron chi connectivity index (χ1n) is 11.4. The molecule has 190 valence electrons. The van der Waals surface area contributed by atoms with Gasteiger partial charge in [-0.25, -0.2) is 8.42 Å². The Labute approximate surface area is 210 Å². The number of benzene rings is 2. The zero-order chi connectivity index (χ0) is 26.1. The highest BCUT2D eigenvalue weighted by Crippen LogP contribution is 2.31. The zero-order valence-corrected chi connectivity index (χ0v) is 21.8. The molecule has 2 aromatic carbocycles. The fourth-order valence-corrected chi connectivity index (χ4v) is 5.35. The molecule has 9 heteroatoms. The number of pyridine rings is 1. The van der Waals surface area contributed by atoms with Gasteiger partial charge in [-0.1, -0.05) is 32.9 Å². The van der Waals surface area contributed by atoms with E-state index in [0.717, 1.165) is 5.56 Å². The molecule has 0 fully saturated rings. The molecule has 0 radical (unpaired) electrons. The molecular weight excluding hydrogens is 480 g/mol. The minimum Gasteiger partial charge on any atom is -0.493 e. The maximum atomic E-state index is 13.7. The summed E-state index contributed by atoms with van der Waals surface area (Å²) in [5.41, 5.74) is 1.36. The van der Waals surface area contributed by atoms with Crippen molar-refractivity contribution in [2.24, 2.45) is 0 Å². The number of sulfonamides is 1. The Hall–Kier alpha value is -3.56. The van der Waals surface area contributed by atoms with Crippen LogP contribution in [0.25, 0.3) is 10.9 Å². The summed E-state index contributed by atoms with van der Waals surface area (Å²) in [6.45, 7) is 6.02. The van der Waals surface area contributed by atoms with E-state index in [1.807, 2.05) is 12.1 Å². The topological polar surface area (TPSA) is 102 Å². The van der Waals surface area contributed by atoms with Gasteiger partial charge in [-0.3, -0.25) is 4.79 Å². The number of fused-ring (bicyclic) bond motifs is 1. The van der Waals surface area contributed by atoms with Crippen molar-refractivity contribution in [1.82, 2.24) is 9.29 Å². The zero-order valence-electron chi connectivity index (χ0n) is 21.0. The number of hydrogen-bond acceptors (Lipinski definition) is 6. The van der Waals surface area contributed by atoms with Gasteiger partial charge in [0.1, 0.15) is 5.76 Å². The predicted octanol–water partition coefficient (Wildman–Crippen LogP) is 4.83. The van der Waals surface area contributed by atoms with Crippen molar-refractivity contribution >= 4 is 20.9 Å². The first kappa shape index (κ1) is 25.5. The summed E-state index contributed by atoms with van der Waals surface area (Å²) in [7, 11) is -0.913. The Morgan fingerprint density at radius 2 is 1.61 bits per heavy atom. The van der Waals surface area contributed by atoms with Crippen LogP contribution >= 0.6 is 0 Å². The Morgan fingerprint density at radius 1 is 0.944 bits per heavy atom. The number of H-pyrrole nitrogens is 1.